The molecule has 180 valence electrons. The first-order valence-corrected chi connectivity index (χ1v) is 12.6. The molecule has 2 fully saturated rings. The summed E-state index contributed by atoms with van der Waals surface area (Å²) in [7, 11) is 0. The first kappa shape index (κ1) is 23.0. The van der Waals surface area contributed by atoms with Gasteiger partial charge in [-0.05, 0) is 34.4 Å². The Labute approximate surface area is 206 Å². The molecule has 2 heterocycles. The van der Waals surface area contributed by atoms with Crippen LogP contribution < -0.4 is 10.7 Å². The first-order valence-electron chi connectivity index (χ1n) is 11.6. The number of carbonyl (C=O) groups excluding carboxylic acids is 3. The Kier molecular flexibility index (Phi) is 6.49. The van der Waals surface area contributed by atoms with Crippen LogP contribution in [0, 0.1) is 0 Å². The van der Waals surface area contributed by atoms with Gasteiger partial charge < -0.3 is 5.32 Å². The molecule has 11 heteroatoms. The van der Waals surface area contributed by atoms with E-state index in [1.807, 2.05) is 12.1 Å². The van der Waals surface area contributed by atoms with E-state index >= 15 is 0 Å². The molecule has 2 aliphatic rings. The number of urea groups is 1. The molecule has 0 bridgehead atoms. The predicted molar refractivity (Wildman–Crippen MR) is 128 cm³/mol. The van der Waals surface area contributed by atoms with Gasteiger partial charge in [0.25, 0.3) is 5.91 Å². The van der Waals surface area contributed by atoms with Crippen molar-refractivity contribution in [2.45, 2.75) is 48.8 Å². The molecule has 5 rings (SSSR count). The number of nitrogens with one attached hydrogen (secondary N) is 2. The van der Waals surface area contributed by atoms with Crippen molar-refractivity contribution in [1.82, 2.24) is 36.0 Å². The summed E-state index contributed by atoms with van der Waals surface area (Å²) >= 11 is 1.18. The van der Waals surface area contributed by atoms with E-state index in [0.29, 0.717) is 16.3 Å². The van der Waals surface area contributed by atoms with E-state index in [2.05, 4.69) is 26.3 Å². The molecule has 1 saturated heterocycles. The number of tetrazole rings is 1. The molecule has 1 aliphatic carbocycles. The summed E-state index contributed by atoms with van der Waals surface area (Å²) in [5.41, 5.74) is 2.23. The van der Waals surface area contributed by atoms with Gasteiger partial charge in [-0.1, -0.05) is 91.7 Å². The Morgan fingerprint density at radius 3 is 2.26 bits per heavy atom. The highest BCUT2D eigenvalue weighted by Gasteiger charge is 2.54. The summed E-state index contributed by atoms with van der Waals surface area (Å²) < 4.78 is 1.78. The summed E-state index contributed by atoms with van der Waals surface area (Å²) in [4.78, 5) is 39.3. The Morgan fingerprint density at radius 2 is 1.63 bits per heavy atom. The average molecular weight is 492 g/mol. The largest absolute Gasteiger partial charge is 0.344 e. The van der Waals surface area contributed by atoms with Crippen LogP contribution in [-0.2, 0) is 15.1 Å². The molecule has 0 spiro atoms. The number of benzene rings is 2. The highest BCUT2D eigenvalue weighted by atomic mass is 32.2. The minimum Gasteiger partial charge on any atom is -0.314 e. The number of amides is 4. The van der Waals surface area contributed by atoms with Gasteiger partial charge in [0.2, 0.25) is 11.1 Å². The Morgan fingerprint density at radius 1 is 1.00 bits per heavy atom. The topological polar surface area (TPSA) is 122 Å². The van der Waals surface area contributed by atoms with Crippen LogP contribution in [0.3, 0.4) is 0 Å². The normalized spacial score (nSPS) is 17.9. The van der Waals surface area contributed by atoms with E-state index in [1.165, 1.54) is 18.2 Å². The minimum absolute atomic E-state index is 0.0478. The van der Waals surface area contributed by atoms with Crippen molar-refractivity contribution in [3.8, 4) is 0 Å². The van der Waals surface area contributed by atoms with Crippen LogP contribution in [-0.4, -0.2) is 48.8 Å². The van der Waals surface area contributed by atoms with Crippen molar-refractivity contribution in [2.24, 2.45) is 0 Å². The molecule has 1 saturated carbocycles. The molecule has 2 aromatic carbocycles. The molecule has 1 aliphatic heterocycles. The summed E-state index contributed by atoms with van der Waals surface area (Å²) in [5, 5.41) is 16.0. The lowest BCUT2D eigenvalue weighted by Gasteiger charge is -2.27. The third-order valence-corrected chi connectivity index (χ3v) is 7.32. The number of aromatic nitrogens is 4. The fourth-order valence-corrected chi connectivity index (χ4v) is 5.42. The van der Waals surface area contributed by atoms with Gasteiger partial charge in [0, 0.05) is 0 Å². The number of hydrogen-bond donors (Lipinski definition) is 2. The van der Waals surface area contributed by atoms with E-state index in [-0.39, 0.29) is 11.8 Å². The molecule has 4 amide bonds. The van der Waals surface area contributed by atoms with E-state index in [9.17, 15) is 14.4 Å². The van der Waals surface area contributed by atoms with Gasteiger partial charge in [-0.15, -0.1) is 5.10 Å². The highest BCUT2D eigenvalue weighted by Crippen LogP contribution is 2.35. The Balaban J connectivity index is 1.31. The molecule has 3 aromatic rings. The van der Waals surface area contributed by atoms with Gasteiger partial charge in [0.05, 0.1) is 11.8 Å². The second-order valence-corrected chi connectivity index (χ2v) is 9.52. The van der Waals surface area contributed by atoms with Crippen LogP contribution in [0.15, 0.2) is 65.8 Å². The van der Waals surface area contributed by atoms with Crippen molar-refractivity contribution >= 4 is 29.6 Å². The number of nitrogens with zero attached hydrogens (tertiary/aromatic N) is 5. The van der Waals surface area contributed by atoms with Crippen LogP contribution in [0.2, 0.25) is 0 Å². The number of carbonyl (C=O) groups is 3. The fraction of sp³-hybridized carbons (Fsp3) is 0.333. The molecular formula is C24H25N7O3S. The van der Waals surface area contributed by atoms with Crippen molar-refractivity contribution < 1.29 is 14.4 Å². The Bertz CT molecular complexity index is 1170. The zero-order valence-corrected chi connectivity index (χ0v) is 19.8. The van der Waals surface area contributed by atoms with Crippen molar-refractivity contribution in [2.75, 3.05) is 5.75 Å². The number of rotatable bonds is 7. The van der Waals surface area contributed by atoms with E-state index in [0.717, 1.165) is 30.7 Å². The molecule has 2 N–H and O–H groups in total. The van der Waals surface area contributed by atoms with Gasteiger partial charge >= 0.3 is 6.03 Å². The number of hydrogen-bond acceptors (Lipinski definition) is 7. The monoisotopic (exact) mass is 491 g/mol. The maximum atomic E-state index is 13.7. The quantitative estimate of drug-likeness (QED) is 0.385. The van der Waals surface area contributed by atoms with Crippen molar-refractivity contribution in [1.29, 1.82) is 0 Å². The number of hydrazine groups is 1. The molecule has 10 nitrogen and oxygen atoms in total. The van der Waals surface area contributed by atoms with E-state index in [4.69, 9.17) is 0 Å². The Hall–Kier alpha value is -3.73. The fourth-order valence-electron chi connectivity index (χ4n) is 4.69. The van der Waals surface area contributed by atoms with E-state index in [1.54, 1.807) is 53.2 Å². The lowest BCUT2D eigenvalue weighted by molar-refractivity contribution is -0.137. The summed E-state index contributed by atoms with van der Waals surface area (Å²) in [6.45, 7) is 0. The second-order valence-electron chi connectivity index (χ2n) is 8.57. The lowest BCUT2D eigenvalue weighted by Crippen LogP contribution is -2.49. The highest BCUT2D eigenvalue weighted by molar-refractivity contribution is 7.99. The van der Waals surface area contributed by atoms with Crippen LogP contribution >= 0.6 is 11.8 Å². The molecule has 35 heavy (non-hydrogen) atoms. The molecule has 1 aromatic heterocycles. The number of imide groups is 1. The summed E-state index contributed by atoms with van der Waals surface area (Å²) in [6, 6.07) is 17.5. The summed E-state index contributed by atoms with van der Waals surface area (Å²) in [6.07, 6.45) is 5.49. The van der Waals surface area contributed by atoms with Gasteiger partial charge in [-0.25, -0.2) is 9.48 Å². The molecule has 0 atom stereocenters. The lowest BCUT2D eigenvalue weighted by atomic mass is 9.83. The van der Waals surface area contributed by atoms with E-state index < -0.39 is 23.4 Å². The third-order valence-electron chi connectivity index (χ3n) is 6.39. The van der Waals surface area contributed by atoms with Gasteiger partial charge in [0.1, 0.15) is 0 Å². The van der Waals surface area contributed by atoms with Crippen molar-refractivity contribution in [3.63, 3.8) is 0 Å². The maximum absolute atomic E-state index is 13.7. The smallest absolute Gasteiger partial charge is 0.314 e. The molecule has 0 radical (unpaired) electrons. The number of thioether (sulfide) groups is 1. The molecular weight excluding hydrogens is 466 g/mol. The van der Waals surface area contributed by atoms with Gasteiger partial charge in [0.15, 0.2) is 5.54 Å². The van der Waals surface area contributed by atoms with Crippen molar-refractivity contribution in [3.05, 3.63) is 71.8 Å². The first-order chi connectivity index (χ1) is 17.1. The van der Waals surface area contributed by atoms with Crippen LogP contribution in [0.5, 0.6) is 0 Å². The minimum atomic E-state index is -1.44. The zero-order valence-electron chi connectivity index (χ0n) is 19.0. The zero-order chi connectivity index (χ0) is 24.3. The average Bonchev–Trinajstić information content (AvgIpc) is 3.48. The second kappa shape index (κ2) is 9.87. The van der Waals surface area contributed by atoms with Gasteiger partial charge in [-0.2, -0.15) is 5.01 Å². The third kappa shape index (κ3) is 4.39. The van der Waals surface area contributed by atoms with Crippen LogP contribution in [0.4, 0.5) is 4.79 Å². The SMILES string of the molecule is O=C(CSc1nnnn1C1CCCCC1)NN1C(=O)NC(c2ccccc2)(c2ccccc2)C1=O. The predicted octanol–water partition coefficient (Wildman–Crippen LogP) is 2.80. The van der Waals surface area contributed by atoms with Gasteiger partial charge in [-0.3, -0.25) is 15.0 Å². The molecule has 0 unspecified atom stereocenters. The van der Waals surface area contributed by atoms with Crippen LogP contribution in [0.1, 0.15) is 49.3 Å². The van der Waals surface area contributed by atoms with Crippen LogP contribution in [0.25, 0.3) is 0 Å². The standard InChI is InChI=1S/C24H25N7O3S/c32-20(16-35-23-26-28-29-30(23)19-14-8-3-9-15-19)27-31-21(33)24(25-22(31)34,17-10-4-1-5-11-17)18-12-6-2-7-13-18/h1-2,4-7,10-13,19H,3,8-9,14-16H2,(H,25,34)(H,27,32). The summed E-state index contributed by atoms with van der Waals surface area (Å²) in [5.74, 6) is -1.13. The maximum Gasteiger partial charge on any atom is 0.344 e.